The van der Waals surface area contributed by atoms with Crippen molar-refractivity contribution in [2.24, 2.45) is 11.3 Å². The second-order valence-electron chi connectivity index (χ2n) is 10.3. The summed E-state index contributed by atoms with van der Waals surface area (Å²) >= 11 is 0. The number of rotatable bonds is 7. The molecule has 1 aliphatic heterocycles. The average Bonchev–Trinajstić information content (AvgIpc) is 3.44. The van der Waals surface area contributed by atoms with Crippen LogP contribution >= 0.6 is 0 Å². The number of amides is 1. The van der Waals surface area contributed by atoms with E-state index in [9.17, 15) is 15.2 Å². The van der Waals surface area contributed by atoms with Crippen LogP contribution in [-0.4, -0.2) is 71.2 Å². The fourth-order valence-corrected chi connectivity index (χ4v) is 5.12. The summed E-state index contributed by atoms with van der Waals surface area (Å²) in [5.41, 5.74) is 2.30. The second kappa shape index (κ2) is 10.1. The lowest BCUT2D eigenvalue weighted by Gasteiger charge is -2.44. The number of nitrogens with one attached hydrogen (secondary N) is 2. The maximum atomic E-state index is 11.8. The Labute approximate surface area is 215 Å². The third-order valence-electron chi connectivity index (χ3n) is 7.05. The van der Waals surface area contributed by atoms with E-state index in [1.54, 1.807) is 30.7 Å². The molecular formula is C26H34N6O5. The van der Waals surface area contributed by atoms with Crippen molar-refractivity contribution in [3.8, 4) is 34.6 Å². The number of aromatic amines is 1. The number of hydrogen-bond donors (Lipinski definition) is 3. The predicted molar refractivity (Wildman–Crippen MR) is 139 cm³/mol. The number of anilines is 1. The van der Waals surface area contributed by atoms with Crippen LogP contribution < -0.4 is 19.5 Å². The zero-order chi connectivity index (χ0) is 26.9. The highest BCUT2D eigenvalue weighted by Crippen LogP contribution is 2.43. The van der Waals surface area contributed by atoms with Gasteiger partial charge < -0.3 is 34.5 Å². The number of piperidine rings is 1. The number of imidazole rings is 1. The molecule has 0 aliphatic carbocycles. The summed E-state index contributed by atoms with van der Waals surface area (Å²) in [6.07, 6.45) is 2.15. The van der Waals surface area contributed by atoms with Crippen LogP contribution in [0, 0.1) is 22.7 Å². The lowest BCUT2D eigenvalue weighted by atomic mass is 9.77. The molecule has 3 N–H and O–H groups in total. The molecule has 0 radical (unpaired) electrons. The van der Waals surface area contributed by atoms with E-state index in [4.69, 9.17) is 14.2 Å². The van der Waals surface area contributed by atoms with Crippen LogP contribution in [0.4, 0.5) is 10.6 Å². The minimum absolute atomic E-state index is 0.0822. The maximum absolute atomic E-state index is 11.8. The molecular weight excluding hydrogens is 476 g/mol. The Bertz CT molecular complexity index is 1310. The summed E-state index contributed by atoms with van der Waals surface area (Å²) in [5.74, 6) is 2.44. The van der Waals surface area contributed by atoms with Gasteiger partial charge in [0.05, 0.1) is 33.2 Å². The third-order valence-corrected chi connectivity index (χ3v) is 7.05. The van der Waals surface area contributed by atoms with E-state index < -0.39 is 6.09 Å². The first-order chi connectivity index (χ1) is 17.6. The van der Waals surface area contributed by atoms with Crippen LogP contribution in [0.1, 0.15) is 39.2 Å². The highest BCUT2D eigenvalue weighted by atomic mass is 16.5. The number of benzene rings is 1. The number of hydrogen-bond acceptors (Lipinski definition) is 7. The number of carbonyl (C=O) groups is 1. The third kappa shape index (κ3) is 4.83. The standard InChI is InChI=1S/C26H34N6O5/c1-26(2,3)20-9-15(7-8-31(20)25(33)34)13-28-24-21(30-23-17(12-27)14-29-32(23)24)16-10-18(35-4)22(37-6)19(11-16)36-5/h10-11,14-15,20,28,30H,7-9,13H2,1-6H3,(H,33,34). The Balaban J connectivity index is 1.70. The normalized spacial score (nSPS) is 17.9. The van der Waals surface area contributed by atoms with E-state index in [0.717, 1.165) is 18.4 Å². The number of likely N-dealkylation sites (tertiary alicyclic amines) is 1. The van der Waals surface area contributed by atoms with Crippen LogP contribution in [0.2, 0.25) is 0 Å². The molecule has 37 heavy (non-hydrogen) atoms. The fourth-order valence-electron chi connectivity index (χ4n) is 5.12. The number of methoxy groups -OCH3 is 3. The van der Waals surface area contributed by atoms with E-state index in [1.165, 1.54) is 6.20 Å². The summed E-state index contributed by atoms with van der Waals surface area (Å²) in [6.45, 7) is 7.34. The van der Waals surface area contributed by atoms with Gasteiger partial charge in [0.1, 0.15) is 11.6 Å². The van der Waals surface area contributed by atoms with Gasteiger partial charge in [0.25, 0.3) is 0 Å². The number of nitrogens with zero attached hydrogens (tertiary/aromatic N) is 4. The van der Waals surface area contributed by atoms with Crippen LogP contribution in [0.3, 0.4) is 0 Å². The van der Waals surface area contributed by atoms with Crippen molar-refractivity contribution in [1.82, 2.24) is 19.5 Å². The summed E-state index contributed by atoms with van der Waals surface area (Å²) < 4.78 is 18.2. The van der Waals surface area contributed by atoms with E-state index in [0.29, 0.717) is 53.1 Å². The molecule has 2 atom stereocenters. The molecule has 3 heterocycles. The first-order valence-corrected chi connectivity index (χ1v) is 12.2. The molecule has 4 rings (SSSR count). The van der Waals surface area contributed by atoms with Crippen molar-refractivity contribution in [1.29, 1.82) is 5.26 Å². The summed E-state index contributed by atoms with van der Waals surface area (Å²) in [6, 6.07) is 5.77. The number of aromatic nitrogens is 3. The molecule has 1 aliphatic rings. The molecule has 1 amide bonds. The number of nitriles is 1. The molecule has 2 unspecified atom stereocenters. The van der Waals surface area contributed by atoms with E-state index in [1.807, 2.05) is 12.1 Å². The molecule has 1 fully saturated rings. The van der Waals surface area contributed by atoms with E-state index >= 15 is 0 Å². The molecule has 11 nitrogen and oxygen atoms in total. The molecule has 11 heteroatoms. The SMILES string of the molecule is COc1cc(-c2[nH]c3c(C#N)cnn3c2NCC2CCN(C(=O)O)C(C(C)(C)C)C2)cc(OC)c1OC. The van der Waals surface area contributed by atoms with Gasteiger partial charge in [0.2, 0.25) is 5.75 Å². The fraction of sp³-hybridized carbons (Fsp3) is 0.500. The van der Waals surface area contributed by atoms with Crippen LogP contribution in [0.15, 0.2) is 18.3 Å². The Morgan fingerprint density at radius 3 is 2.46 bits per heavy atom. The highest BCUT2D eigenvalue weighted by Gasteiger charge is 2.38. The van der Waals surface area contributed by atoms with Gasteiger partial charge in [-0.05, 0) is 36.3 Å². The van der Waals surface area contributed by atoms with Crippen molar-refractivity contribution in [3.63, 3.8) is 0 Å². The minimum Gasteiger partial charge on any atom is -0.493 e. The molecule has 198 valence electrons. The largest absolute Gasteiger partial charge is 0.493 e. The molecule has 0 saturated carbocycles. The lowest BCUT2D eigenvalue weighted by Crippen LogP contribution is -2.52. The molecule has 0 bridgehead atoms. The lowest BCUT2D eigenvalue weighted by molar-refractivity contribution is 0.0428. The van der Waals surface area contributed by atoms with Crippen LogP contribution in [0.5, 0.6) is 17.2 Å². The Morgan fingerprint density at radius 2 is 1.92 bits per heavy atom. The van der Waals surface area contributed by atoms with E-state index in [2.05, 4.69) is 42.2 Å². The van der Waals surface area contributed by atoms with E-state index in [-0.39, 0.29) is 17.4 Å². The van der Waals surface area contributed by atoms with Crippen molar-refractivity contribution in [2.45, 2.75) is 39.7 Å². The predicted octanol–water partition coefficient (Wildman–Crippen LogP) is 4.44. The number of H-pyrrole nitrogens is 1. The summed E-state index contributed by atoms with van der Waals surface area (Å²) in [4.78, 5) is 16.7. The Kier molecular flexibility index (Phi) is 7.12. The van der Waals surface area contributed by atoms with Crippen LogP contribution in [-0.2, 0) is 0 Å². The van der Waals surface area contributed by atoms with Gasteiger partial charge in [-0.15, -0.1) is 0 Å². The van der Waals surface area contributed by atoms with Gasteiger partial charge in [-0.2, -0.15) is 14.9 Å². The minimum atomic E-state index is -0.871. The van der Waals surface area contributed by atoms with Gasteiger partial charge in [-0.3, -0.25) is 0 Å². The van der Waals surface area contributed by atoms with Gasteiger partial charge >= 0.3 is 6.09 Å². The number of fused-ring (bicyclic) bond motifs is 1. The molecule has 1 aromatic carbocycles. The summed E-state index contributed by atoms with van der Waals surface area (Å²) in [5, 5.41) is 27.3. The van der Waals surface area contributed by atoms with Crippen LogP contribution in [0.25, 0.3) is 16.9 Å². The zero-order valence-corrected chi connectivity index (χ0v) is 22.1. The highest BCUT2D eigenvalue weighted by molar-refractivity contribution is 5.80. The van der Waals surface area contributed by atoms with Gasteiger partial charge in [-0.1, -0.05) is 20.8 Å². The van der Waals surface area contributed by atoms with Gasteiger partial charge in [0, 0.05) is 24.7 Å². The maximum Gasteiger partial charge on any atom is 0.407 e. The first-order valence-electron chi connectivity index (χ1n) is 12.2. The topological polar surface area (TPSA) is 137 Å². The van der Waals surface area contributed by atoms with Crippen molar-refractivity contribution >= 4 is 17.6 Å². The second-order valence-corrected chi connectivity index (χ2v) is 10.3. The average molecular weight is 511 g/mol. The quantitative estimate of drug-likeness (QED) is 0.424. The summed E-state index contributed by atoms with van der Waals surface area (Å²) in [7, 11) is 4.67. The van der Waals surface area contributed by atoms with Gasteiger partial charge in [0.15, 0.2) is 23.0 Å². The molecule has 1 saturated heterocycles. The number of carboxylic acid groups (broad SMARTS) is 1. The van der Waals surface area contributed by atoms with Crippen molar-refractivity contribution < 1.29 is 24.1 Å². The monoisotopic (exact) mass is 510 g/mol. The number of ether oxygens (including phenoxy) is 3. The molecule has 2 aromatic heterocycles. The molecule has 3 aromatic rings. The van der Waals surface area contributed by atoms with Gasteiger partial charge in [-0.25, -0.2) is 4.79 Å². The van der Waals surface area contributed by atoms with Crippen molar-refractivity contribution in [2.75, 3.05) is 39.7 Å². The Morgan fingerprint density at radius 1 is 1.24 bits per heavy atom. The smallest absolute Gasteiger partial charge is 0.407 e. The Hall–Kier alpha value is -4.07. The molecule has 0 spiro atoms. The first kappa shape index (κ1) is 26.0. The zero-order valence-electron chi connectivity index (χ0n) is 22.1. The van der Waals surface area contributed by atoms with Crippen molar-refractivity contribution in [3.05, 3.63) is 23.9 Å².